The van der Waals surface area contributed by atoms with Gasteiger partial charge in [-0.1, -0.05) is 17.2 Å². The highest BCUT2D eigenvalue weighted by Gasteiger charge is 2.34. The molecule has 0 saturated heterocycles. The van der Waals surface area contributed by atoms with Crippen LogP contribution >= 0.6 is 0 Å². The van der Waals surface area contributed by atoms with Crippen LogP contribution in [0.5, 0.6) is 0 Å². The number of carbonyl (C=O) groups is 2. The molecule has 2 amide bonds. The summed E-state index contributed by atoms with van der Waals surface area (Å²) in [6.07, 6.45) is 0. The Kier molecular flexibility index (Phi) is 16.9. The third-order valence-electron chi connectivity index (χ3n) is 4.97. The van der Waals surface area contributed by atoms with Crippen molar-refractivity contribution >= 4 is 11.8 Å². The minimum absolute atomic E-state index is 0.214. The van der Waals surface area contributed by atoms with Crippen LogP contribution in [0, 0.1) is 0 Å². The molecular formula is C24H36N4O9. The van der Waals surface area contributed by atoms with Gasteiger partial charge >= 0.3 is 0 Å². The van der Waals surface area contributed by atoms with Crippen LogP contribution in [-0.2, 0) is 33.2 Å². The molecule has 206 valence electrons. The largest absolute Gasteiger partial charge is 0.379 e. The number of nitrogens with zero attached hydrogens (tertiary/aromatic N) is 4. The molecule has 0 radical (unpaired) electrons. The number of azide groups is 1. The Morgan fingerprint density at radius 2 is 0.946 bits per heavy atom. The molecule has 1 aliphatic rings. The summed E-state index contributed by atoms with van der Waals surface area (Å²) in [7, 11) is 0. The number of carbonyl (C=O) groups excluding carboxylic acids is 2. The highest BCUT2D eigenvalue weighted by molar-refractivity contribution is 6.21. The van der Waals surface area contributed by atoms with E-state index in [9.17, 15) is 9.59 Å². The van der Waals surface area contributed by atoms with Gasteiger partial charge in [0.2, 0.25) is 0 Å². The summed E-state index contributed by atoms with van der Waals surface area (Å²) < 4.78 is 37.7. The molecule has 1 heterocycles. The van der Waals surface area contributed by atoms with Gasteiger partial charge in [0, 0.05) is 11.5 Å². The Balaban J connectivity index is 1.26. The maximum atomic E-state index is 12.2. The van der Waals surface area contributed by atoms with Crippen molar-refractivity contribution in [2.45, 2.75) is 0 Å². The molecule has 13 heteroatoms. The van der Waals surface area contributed by atoms with Gasteiger partial charge in [-0.25, -0.2) is 0 Å². The second kappa shape index (κ2) is 20.4. The number of amides is 2. The van der Waals surface area contributed by atoms with Crippen LogP contribution in [0.2, 0.25) is 0 Å². The fourth-order valence-corrected chi connectivity index (χ4v) is 3.17. The van der Waals surface area contributed by atoms with Gasteiger partial charge in [-0.3, -0.25) is 14.5 Å². The zero-order valence-electron chi connectivity index (χ0n) is 21.1. The first-order valence-electron chi connectivity index (χ1n) is 12.3. The number of ether oxygens (including phenoxy) is 7. The molecule has 0 spiro atoms. The van der Waals surface area contributed by atoms with Gasteiger partial charge in [0.05, 0.1) is 110 Å². The van der Waals surface area contributed by atoms with Crippen LogP contribution in [0.15, 0.2) is 29.4 Å². The highest BCUT2D eigenvalue weighted by atomic mass is 16.6. The molecule has 1 aromatic rings. The zero-order chi connectivity index (χ0) is 26.4. The predicted octanol–water partition coefficient (Wildman–Crippen LogP) is 1.71. The summed E-state index contributed by atoms with van der Waals surface area (Å²) in [4.78, 5) is 28.3. The molecule has 0 saturated carbocycles. The average Bonchev–Trinajstić information content (AvgIpc) is 3.16. The lowest BCUT2D eigenvalue weighted by Crippen LogP contribution is -2.33. The molecule has 37 heavy (non-hydrogen) atoms. The minimum atomic E-state index is -0.279. The summed E-state index contributed by atoms with van der Waals surface area (Å²) in [6, 6.07) is 6.80. The number of hydrogen-bond acceptors (Lipinski definition) is 10. The van der Waals surface area contributed by atoms with Gasteiger partial charge < -0.3 is 33.2 Å². The lowest BCUT2D eigenvalue weighted by atomic mass is 10.1. The Morgan fingerprint density at radius 3 is 1.32 bits per heavy atom. The van der Waals surface area contributed by atoms with Gasteiger partial charge in [0.25, 0.3) is 11.8 Å². The van der Waals surface area contributed by atoms with Crippen LogP contribution in [0.25, 0.3) is 10.4 Å². The van der Waals surface area contributed by atoms with Crippen LogP contribution in [0.3, 0.4) is 0 Å². The van der Waals surface area contributed by atoms with Crippen molar-refractivity contribution in [2.75, 3.05) is 106 Å². The van der Waals surface area contributed by atoms with E-state index in [0.717, 1.165) is 0 Å². The van der Waals surface area contributed by atoms with E-state index >= 15 is 0 Å². The molecule has 0 atom stereocenters. The molecule has 0 N–H and O–H groups in total. The Bertz CT molecular complexity index is 801. The Morgan fingerprint density at radius 1 is 0.595 bits per heavy atom. The van der Waals surface area contributed by atoms with E-state index in [-0.39, 0.29) is 25.0 Å². The standard InChI is InChI=1S/C24H36N4O9/c25-27-26-5-7-31-9-11-33-13-15-35-17-19-37-20-18-36-16-14-34-12-10-32-8-6-28-23(29)21-3-1-2-4-22(21)24(28)30/h1-4H,5-20H2. The summed E-state index contributed by atoms with van der Waals surface area (Å²) >= 11 is 0. The van der Waals surface area contributed by atoms with Crippen LogP contribution in [-0.4, -0.2) is 122 Å². The maximum absolute atomic E-state index is 12.2. The van der Waals surface area contributed by atoms with Crippen molar-refractivity contribution in [3.8, 4) is 0 Å². The monoisotopic (exact) mass is 524 g/mol. The van der Waals surface area contributed by atoms with E-state index < -0.39 is 0 Å². The van der Waals surface area contributed by atoms with Gasteiger partial charge in [-0.2, -0.15) is 0 Å². The molecule has 0 fully saturated rings. The fourth-order valence-electron chi connectivity index (χ4n) is 3.17. The summed E-state index contributed by atoms with van der Waals surface area (Å²) in [5.41, 5.74) is 9.00. The SMILES string of the molecule is [N-]=[N+]=NCCOCCOCCOCCOCCOCCOCCOCCN1C(=O)c2ccccc2C1=O. The van der Waals surface area contributed by atoms with E-state index in [2.05, 4.69) is 10.0 Å². The van der Waals surface area contributed by atoms with E-state index in [0.29, 0.717) is 104 Å². The van der Waals surface area contributed by atoms with Crippen LogP contribution in [0.4, 0.5) is 0 Å². The smallest absolute Gasteiger partial charge is 0.261 e. The molecule has 2 rings (SSSR count). The van der Waals surface area contributed by atoms with E-state index in [1.807, 2.05) is 0 Å². The Hall–Kier alpha value is -2.61. The second-order valence-corrected chi connectivity index (χ2v) is 7.55. The van der Waals surface area contributed by atoms with Crippen molar-refractivity contribution in [1.29, 1.82) is 0 Å². The van der Waals surface area contributed by atoms with E-state index in [1.165, 1.54) is 4.90 Å². The zero-order valence-corrected chi connectivity index (χ0v) is 21.1. The van der Waals surface area contributed by atoms with Gasteiger partial charge in [-0.15, -0.1) is 0 Å². The lowest BCUT2D eigenvalue weighted by Gasteiger charge is -2.13. The third kappa shape index (κ3) is 13.0. The van der Waals surface area contributed by atoms with Gasteiger partial charge in [-0.05, 0) is 17.7 Å². The summed E-state index contributed by atoms with van der Waals surface area (Å²) in [5.74, 6) is -0.558. The quantitative estimate of drug-likeness (QED) is 0.0647. The molecule has 0 bridgehead atoms. The van der Waals surface area contributed by atoms with Crippen molar-refractivity contribution in [3.63, 3.8) is 0 Å². The van der Waals surface area contributed by atoms with E-state index in [1.54, 1.807) is 24.3 Å². The molecule has 0 unspecified atom stereocenters. The second-order valence-electron chi connectivity index (χ2n) is 7.55. The molecule has 0 aromatic heterocycles. The Labute approximate surface area is 216 Å². The third-order valence-corrected chi connectivity index (χ3v) is 4.97. The number of rotatable bonds is 24. The minimum Gasteiger partial charge on any atom is -0.379 e. The number of hydrogen-bond donors (Lipinski definition) is 0. The van der Waals surface area contributed by atoms with E-state index in [4.69, 9.17) is 38.7 Å². The lowest BCUT2D eigenvalue weighted by molar-refractivity contribution is -0.0205. The number of fused-ring (bicyclic) bond motifs is 1. The van der Waals surface area contributed by atoms with Crippen molar-refractivity contribution in [3.05, 3.63) is 45.8 Å². The molecule has 1 aliphatic heterocycles. The molecule has 0 aliphatic carbocycles. The molecular weight excluding hydrogens is 488 g/mol. The fraction of sp³-hybridized carbons (Fsp3) is 0.667. The highest BCUT2D eigenvalue weighted by Crippen LogP contribution is 2.21. The van der Waals surface area contributed by atoms with Crippen molar-refractivity contribution in [2.24, 2.45) is 5.11 Å². The summed E-state index contributed by atoms with van der Waals surface area (Å²) in [6.45, 7) is 6.55. The number of imide groups is 1. The first-order valence-corrected chi connectivity index (χ1v) is 12.3. The van der Waals surface area contributed by atoms with Gasteiger partial charge in [0.15, 0.2) is 0 Å². The number of benzene rings is 1. The normalized spacial score (nSPS) is 12.7. The van der Waals surface area contributed by atoms with Gasteiger partial charge in [0.1, 0.15) is 0 Å². The summed E-state index contributed by atoms with van der Waals surface area (Å²) in [5, 5.41) is 3.36. The average molecular weight is 525 g/mol. The predicted molar refractivity (Wildman–Crippen MR) is 132 cm³/mol. The first-order chi connectivity index (χ1) is 18.3. The van der Waals surface area contributed by atoms with Crippen molar-refractivity contribution < 1.29 is 42.7 Å². The maximum Gasteiger partial charge on any atom is 0.261 e. The first kappa shape index (κ1) is 30.6. The van der Waals surface area contributed by atoms with Crippen LogP contribution < -0.4 is 0 Å². The molecule has 1 aromatic carbocycles. The molecule has 13 nitrogen and oxygen atoms in total. The topological polar surface area (TPSA) is 151 Å². The van der Waals surface area contributed by atoms with Crippen molar-refractivity contribution in [1.82, 2.24) is 4.90 Å². The van der Waals surface area contributed by atoms with Crippen LogP contribution in [0.1, 0.15) is 20.7 Å².